The van der Waals surface area contributed by atoms with Crippen molar-refractivity contribution in [1.82, 2.24) is 9.13 Å². The Morgan fingerprint density at radius 1 is 0.378 bits per heavy atom. The summed E-state index contributed by atoms with van der Waals surface area (Å²) in [5.41, 5.74) is 9.82. The summed E-state index contributed by atoms with van der Waals surface area (Å²) in [6.45, 7) is 0. The molecule has 0 fully saturated rings. The van der Waals surface area contributed by atoms with Gasteiger partial charge in [-0.05, 0) is 53.6 Å². The van der Waals surface area contributed by atoms with Crippen molar-refractivity contribution in [3.8, 4) is 22.5 Å². The van der Waals surface area contributed by atoms with E-state index in [1.165, 1.54) is 86.3 Å². The Balaban J connectivity index is 1.36. The topological polar surface area (TPSA) is 9.86 Å². The standard InChI is InChI=1S/C42H26N2S/c1-3-12-27(13-4-1)28-14-11-17-30(26-28)44-37-21-10-8-19-32(37)34-22-23-35-39-38(45-42(35)41(34)44)25-24-33-31-18-7-9-20-36(31)43(40(33)39)29-15-5-2-6-16-29/h1-26H. The van der Waals surface area contributed by atoms with E-state index in [0.717, 1.165) is 0 Å². The van der Waals surface area contributed by atoms with Gasteiger partial charge in [0.2, 0.25) is 0 Å². The molecule has 0 radical (unpaired) electrons. The lowest BCUT2D eigenvalue weighted by Gasteiger charge is -2.11. The molecule has 0 aliphatic carbocycles. The molecule has 0 atom stereocenters. The van der Waals surface area contributed by atoms with E-state index in [9.17, 15) is 0 Å². The summed E-state index contributed by atoms with van der Waals surface area (Å²) in [6.07, 6.45) is 0. The summed E-state index contributed by atoms with van der Waals surface area (Å²) in [7, 11) is 0. The van der Waals surface area contributed by atoms with E-state index < -0.39 is 0 Å². The molecule has 0 amide bonds. The predicted molar refractivity (Wildman–Crippen MR) is 193 cm³/mol. The van der Waals surface area contributed by atoms with E-state index in [-0.39, 0.29) is 0 Å². The third kappa shape index (κ3) is 3.50. The maximum atomic E-state index is 2.48. The molecule has 0 saturated carbocycles. The molecule has 7 aromatic carbocycles. The number of rotatable bonds is 3. The highest BCUT2D eigenvalue weighted by Gasteiger charge is 2.21. The molecule has 45 heavy (non-hydrogen) atoms. The molecule has 0 unspecified atom stereocenters. The van der Waals surface area contributed by atoms with Gasteiger partial charge in [-0.25, -0.2) is 0 Å². The van der Waals surface area contributed by atoms with E-state index in [4.69, 9.17) is 0 Å². The van der Waals surface area contributed by atoms with Crippen molar-refractivity contribution in [2.45, 2.75) is 0 Å². The van der Waals surface area contributed by atoms with Crippen molar-refractivity contribution in [2.24, 2.45) is 0 Å². The van der Waals surface area contributed by atoms with Crippen LogP contribution in [0.25, 0.3) is 86.3 Å². The molecule has 0 spiro atoms. The SMILES string of the molecule is c1ccc(-c2cccc(-n3c4ccccc4c4ccc5c(sc6ccc7c8ccccc8n(-c8ccccc8)c7c65)c43)c2)cc1. The Hall–Kier alpha value is -5.64. The van der Waals surface area contributed by atoms with Crippen LogP contribution in [0.2, 0.25) is 0 Å². The lowest BCUT2D eigenvalue weighted by molar-refractivity contribution is 1.19. The molecule has 0 bridgehead atoms. The largest absolute Gasteiger partial charge is 0.309 e. The smallest absolute Gasteiger partial charge is 0.0719 e. The zero-order valence-electron chi connectivity index (χ0n) is 24.3. The minimum atomic E-state index is 1.18. The van der Waals surface area contributed by atoms with Crippen LogP contribution in [-0.2, 0) is 0 Å². The normalized spacial score (nSPS) is 12.0. The average molecular weight is 591 g/mol. The fourth-order valence-corrected chi connectivity index (χ4v) is 8.63. The first-order valence-corrected chi connectivity index (χ1v) is 16.2. The Bertz CT molecular complexity index is 2740. The molecule has 3 heteroatoms. The highest BCUT2D eigenvalue weighted by molar-refractivity contribution is 7.26. The molecular weight excluding hydrogens is 565 g/mol. The van der Waals surface area contributed by atoms with Gasteiger partial charge in [0.1, 0.15) is 0 Å². The van der Waals surface area contributed by atoms with Crippen LogP contribution in [0.4, 0.5) is 0 Å². The summed E-state index contributed by atoms with van der Waals surface area (Å²) in [5, 5.41) is 7.76. The monoisotopic (exact) mass is 590 g/mol. The van der Waals surface area contributed by atoms with Crippen LogP contribution >= 0.6 is 11.3 Å². The maximum Gasteiger partial charge on any atom is 0.0719 e. The highest BCUT2D eigenvalue weighted by Crippen LogP contribution is 2.47. The van der Waals surface area contributed by atoms with E-state index in [2.05, 4.69) is 167 Å². The first-order valence-electron chi connectivity index (χ1n) is 15.4. The molecule has 0 aliphatic rings. The van der Waals surface area contributed by atoms with Gasteiger partial charge in [-0.1, -0.05) is 115 Å². The van der Waals surface area contributed by atoms with Crippen LogP contribution in [0.1, 0.15) is 0 Å². The van der Waals surface area contributed by atoms with Gasteiger partial charge < -0.3 is 9.13 Å². The van der Waals surface area contributed by atoms with Crippen LogP contribution in [0.3, 0.4) is 0 Å². The summed E-state index contributed by atoms with van der Waals surface area (Å²) in [4.78, 5) is 0. The van der Waals surface area contributed by atoms with Gasteiger partial charge in [0.25, 0.3) is 0 Å². The number of hydrogen-bond acceptors (Lipinski definition) is 1. The summed E-state index contributed by atoms with van der Waals surface area (Å²) in [6, 6.07) is 57.4. The number of fused-ring (bicyclic) bond motifs is 11. The number of aromatic nitrogens is 2. The molecular formula is C42H26N2S. The summed E-state index contributed by atoms with van der Waals surface area (Å²) >= 11 is 1.91. The van der Waals surface area contributed by atoms with Gasteiger partial charge >= 0.3 is 0 Å². The third-order valence-corrected chi connectivity index (χ3v) is 10.5. The van der Waals surface area contributed by atoms with Gasteiger partial charge in [-0.3, -0.25) is 0 Å². The Kier molecular flexibility index (Phi) is 5.19. The number of nitrogens with zero attached hydrogens (tertiary/aromatic N) is 2. The Morgan fingerprint density at radius 3 is 1.69 bits per heavy atom. The average Bonchev–Trinajstić information content (AvgIpc) is 3.77. The van der Waals surface area contributed by atoms with Crippen molar-refractivity contribution in [3.05, 3.63) is 158 Å². The second-order valence-electron chi connectivity index (χ2n) is 11.7. The van der Waals surface area contributed by atoms with Crippen LogP contribution in [0.5, 0.6) is 0 Å². The van der Waals surface area contributed by atoms with Gasteiger partial charge in [-0.2, -0.15) is 0 Å². The third-order valence-electron chi connectivity index (χ3n) is 9.30. The minimum Gasteiger partial charge on any atom is -0.309 e. The fourth-order valence-electron chi connectivity index (χ4n) is 7.39. The Labute approximate surface area is 263 Å². The first-order chi connectivity index (χ1) is 22.3. The fraction of sp³-hybridized carbons (Fsp3) is 0. The molecule has 0 aliphatic heterocycles. The van der Waals surface area contributed by atoms with Gasteiger partial charge in [0, 0.05) is 48.4 Å². The van der Waals surface area contributed by atoms with Crippen molar-refractivity contribution in [2.75, 3.05) is 0 Å². The molecule has 10 aromatic rings. The quantitative estimate of drug-likeness (QED) is 0.194. The summed E-state index contributed by atoms with van der Waals surface area (Å²) < 4.78 is 7.57. The first kappa shape index (κ1) is 24.8. The van der Waals surface area contributed by atoms with Crippen LogP contribution in [0, 0.1) is 0 Å². The minimum absolute atomic E-state index is 1.18. The van der Waals surface area contributed by atoms with E-state index in [1.807, 2.05) is 11.3 Å². The number of benzene rings is 7. The second kappa shape index (κ2) is 9.43. The van der Waals surface area contributed by atoms with Crippen LogP contribution in [0.15, 0.2) is 158 Å². The number of thiophene rings is 1. The molecule has 0 saturated heterocycles. The van der Waals surface area contributed by atoms with Crippen LogP contribution in [-0.4, -0.2) is 9.13 Å². The number of hydrogen-bond donors (Lipinski definition) is 0. The lowest BCUT2D eigenvalue weighted by atomic mass is 10.0. The van der Waals surface area contributed by atoms with Crippen molar-refractivity contribution in [1.29, 1.82) is 0 Å². The molecule has 0 N–H and O–H groups in total. The van der Waals surface area contributed by atoms with E-state index in [0.29, 0.717) is 0 Å². The number of para-hydroxylation sites is 3. The molecule has 3 aromatic heterocycles. The highest BCUT2D eigenvalue weighted by atomic mass is 32.1. The molecule has 3 heterocycles. The van der Waals surface area contributed by atoms with Crippen molar-refractivity contribution >= 4 is 75.1 Å². The van der Waals surface area contributed by atoms with Crippen molar-refractivity contribution in [3.63, 3.8) is 0 Å². The van der Waals surface area contributed by atoms with E-state index in [1.54, 1.807) is 0 Å². The molecule has 2 nitrogen and oxygen atoms in total. The van der Waals surface area contributed by atoms with Gasteiger partial charge in [0.15, 0.2) is 0 Å². The lowest BCUT2D eigenvalue weighted by Crippen LogP contribution is -1.94. The predicted octanol–water partition coefficient (Wildman–Crippen LogP) is 11.9. The Morgan fingerprint density at radius 2 is 0.933 bits per heavy atom. The maximum absolute atomic E-state index is 2.48. The zero-order valence-corrected chi connectivity index (χ0v) is 25.1. The van der Waals surface area contributed by atoms with Crippen molar-refractivity contribution < 1.29 is 0 Å². The molecule has 10 rings (SSSR count). The second-order valence-corrected chi connectivity index (χ2v) is 12.8. The van der Waals surface area contributed by atoms with Crippen LogP contribution < -0.4 is 0 Å². The van der Waals surface area contributed by atoms with Gasteiger partial charge in [-0.15, -0.1) is 11.3 Å². The zero-order chi connectivity index (χ0) is 29.5. The molecule has 210 valence electrons. The van der Waals surface area contributed by atoms with E-state index >= 15 is 0 Å². The van der Waals surface area contributed by atoms with Gasteiger partial charge in [0.05, 0.1) is 26.8 Å². The summed E-state index contributed by atoms with van der Waals surface area (Å²) in [5.74, 6) is 0.